The van der Waals surface area contributed by atoms with Crippen LogP contribution in [0.1, 0.15) is 117 Å². The van der Waals surface area contributed by atoms with E-state index in [1.54, 1.807) is 11.8 Å². The molecular formula is C22H44O2S. The molecule has 0 fully saturated rings. The average molecular weight is 373 g/mol. The lowest BCUT2D eigenvalue weighted by Gasteiger charge is -2.08. The van der Waals surface area contributed by atoms with Gasteiger partial charge in [0.05, 0.1) is 12.4 Å². The van der Waals surface area contributed by atoms with Gasteiger partial charge >= 0.3 is 5.97 Å². The first kappa shape index (κ1) is 24.8. The van der Waals surface area contributed by atoms with Crippen LogP contribution in [0, 0.1) is 0 Å². The summed E-state index contributed by atoms with van der Waals surface area (Å²) in [6.07, 6.45) is 22.5. The van der Waals surface area contributed by atoms with E-state index < -0.39 is 0 Å². The number of esters is 1. The van der Waals surface area contributed by atoms with E-state index in [0.717, 1.165) is 5.75 Å². The first-order valence-electron chi connectivity index (χ1n) is 10.9. The van der Waals surface area contributed by atoms with E-state index in [4.69, 9.17) is 4.74 Å². The Labute approximate surface area is 162 Å². The quantitative estimate of drug-likeness (QED) is 0.173. The predicted octanol–water partition coefficient (Wildman–Crippen LogP) is 7.54. The van der Waals surface area contributed by atoms with Gasteiger partial charge in [-0.05, 0) is 19.1 Å². The van der Waals surface area contributed by atoms with Crippen LogP contribution < -0.4 is 0 Å². The number of ether oxygens (including phenoxy) is 1. The Balaban J connectivity index is 3.08. The Morgan fingerprint density at radius 2 is 1.08 bits per heavy atom. The van der Waals surface area contributed by atoms with Crippen molar-refractivity contribution in [1.82, 2.24) is 0 Å². The third-order valence-corrected chi connectivity index (χ3v) is 6.12. The van der Waals surface area contributed by atoms with Crippen molar-refractivity contribution in [2.24, 2.45) is 0 Å². The Hall–Kier alpha value is -0.180. The minimum Gasteiger partial charge on any atom is -0.468 e. The molecule has 0 aliphatic rings. The third kappa shape index (κ3) is 18.4. The van der Waals surface area contributed by atoms with Crippen molar-refractivity contribution >= 4 is 17.7 Å². The van der Waals surface area contributed by atoms with Crippen molar-refractivity contribution < 1.29 is 9.53 Å². The van der Waals surface area contributed by atoms with Gasteiger partial charge in [0, 0.05) is 0 Å². The molecule has 0 spiro atoms. The topological polar surface area (TPSA) is 26.3 Å². The number of carbonyl (C=O) groups is 1. The molecule has 0 aliphatic carbocycles. The number of methoxy groups -OCH3 is 1. The summed E-state index contributed by atoms with van der Waals surface area (Å²) in [4.78, 5) is 11.3. The summed E-state index contributed by atoms with van der Waals surface area (Å²) >= 11 is 1.72. The lowest BCUT2D eigenvalue weighted by atomic mass is 10.0. The van der Waals surface area contributed by atoms with E-state index >= 15 is 0 Å². The van der Waals surface area contributed by atoms with Crippen molar-refractivity contribution in [2.75, 3.05) is 12.9 Å². The van der Waals surface area contributed by atoms with Crippen LogP contribution in [-0.2, 0) is 9.53 Å². The molecule has 0 radical (unpaired) electrons. The molecule has 0 aromatic rings. The van der Waals surface area contributed by atoms with Gasteiger partial charge in [0.1, 0.15) is 0 Å². The van der Waals surface area contributed by atoms with Gasteiger partial charge in [-0.1, -0.05) is 103 Å². The number of thioether (sulfide) groups is 1. The van der Waals surface area contributed by atoms with Gasteiger partial charge in [-0.3, -0.25) is 4.79 Å². The van der Waals surface area contributed by atoms with Crippen molar-refractivity contribution in [3.8, 4) is 0 Å². The summed E-state index contributed by atoms with van der Waals surface area (Å²) in [7, 11) is 1.47. The number of unbranched alkanes of at least 4 members (excludes halogenated alkanes) is 15. The molecule has 2 nitrogen and oxygen atoms in total. The van der Waals surface area contributed by atoms with E-state index in [1.807, 2.05) is 6.92 Å². The van der Waals surface area contributed by atoms with Crippen LogP contribution in [0.4, 0.5) is 0 Å². The zero-order valence-electron chi connectivity index (χ0n) is 17.3. The highest BCUT2D eigenvalue weighted by Crippen LogP contribution is 2.16. The first-order valence-corrected chi connectivity index (χ1v) is 12.0. The van der Waals surface area contributed by atoms with Gasteiger partial charge in [0.2, 0.25) is 0 Å². The van der Waals surface area contributed by atoms with E-state index in [0.29, 0.717) is 0 Å². The van der Waals surface area contributed by atoms with Crippen LogP contribution in [0.2, 0.25) is 0 Å². The molecular weight excluding hydrogens is 328 g/mol. The van der Waals surface area contributed by atoms with Crippen LogP contribution in [0.3, 0.4) is 0 Å². The Kier molecular flexibility index (Phi) is 20.0. The Bertz CT molecular complexity index is 281. The number of hydrogen-bond donors (Lipinski definition) is 0. The fourth-order valence-electron chi connectivity index (χ4n) is 3.14. The van der Waals surface area contributed by atoms with Crippen molar-refractivity contribution in [3.63, 3.8) is 0 Å². The van der Waals surface area contributed by atoms with Crippen LogP contribution in [0.5, 0.6) is 0 Å². The monoisotopic (exact) mass is 372 g/mol. The highest BCUT2D eigenvalue weighted by atomic mass is 32.2. The zero-order chi connectivity index (χ0) is 18.6. The molecule has 0 aromatic carbocycles. The fraction of sp³-hybridized carbons (Fsp3) is 0.955. The molecule has 1 unspecified atom stereocenters. The largest absolute Gasteiger partial charge is 0.468 e. The second-order valence-electron chi connectivity index (χ2n) is 7.34. The van der Waals surface area contributed by atoms with Crippen LogP contribution in [0.15, 0.2) is 0 Å². The Morgan fingerprint density at radius 3 is 1.44 bits per heavy atom. The van der Waals surface area contributed by atoms with Gasteiger partial charge in [-0.2, -0.15) is 0 Å². The van der Waals surface area contributed by atoms with E-state index in [-0.39, 0.29) is 11.2 Å². The molecule has 0 saturated heterocycles. The lowest BCUT2D eigenvalue weighted by molar-refractivity contribution is -0.139. The second kappa shape index (κ2) is 20.1. The highest BCUT2D eigenvalue weighted by molar-refractivity contribution is 8.00. The zero-order valence-corrected chi connectivity index (χ0v) is 18.1. The standard InChI is InChI=1S/C22H44O2S/c1-4-5-6-7-8-9-10-11-12-13-14-15-16-17-18-19-20-25-21(2)22(23)24-3/h21H,4-20H2,1-3H3. The molecule has 0 saturated carbocycles. The predicted molar refractivity (Wildman–Crippen MR) is 113 cm³/mol. The summed E-state index contributed by atoms with van der Waals surface area (Å²) in [6.45, 7) is 4.22. The van der Waals surface area contributed by atoms with Gasteiger partial charge in [-0.15, -0.1) is 11.8 Å². The van der Waals surface area contributed by atoms with Gasteiger partial charge in [0.15, 0.2) is 0 Å². The number of rotatable bonds is 19. The molecule has 25 heavy (non-hydrogen) atoms. The van der Waals surface area contributed by atoms with E-state index in [1.165, 1.54) is 110 Å². The highest BCUT2D eigenvalue weighted by Gasteiger charge is 2.12. The van der Waals surface area contributed by atoms with Crippen LogP contribution in [-0.4, -0.2) is 24.1 Å². The third-order valence-electron chi connectivity index (χ3n) is 4.90. The summed E-state index contributed by atoms with van der Waals surface area (Å²) in [6, 6.07) is 0. The van der Waals surface area contributed by atoms with E-state index in [2.05, 4.69) is 6.92 Å². The van der Waals surface area contributed by atoms with Crippen molar-refractivity contribution in [1.29, 1.82) is 0 Å². The molecule has 0 heterocycles. The van der Waals surface area contributed by atoms with Crippen molar-refractivity contribution in [3.05, 3.63) is 0 Å². The molecule has 0 bridgehead atoms. The number of hydrogen-bond acceptors (Lipinski definition) is 3. The summed E-state index contributed by atoms with van der Waals surface area (Å²) in [5, 5.41) is -0.0126. The molecule has 1 atom stereocenters. The molecule has 0 aromatic heterocycles. The molecule has 150 valence electrons. The maximum Gasteiger partial charge on any atom is 0.318 e. The maximum atomic E-state index is 11.3. The number of carbonyl (C=O) groups excluding carboxylic acids is 1. The van der Waals surface area contributed by atoms with Crippen LogP contribution in [0.25, 0.3) is 0 Å². The normalized spacial score (nSPS) is 12.3. The SMILES string of the molecule is CCCCCCCCCCCCCCCCCCSC(C)C(=O)OC. The minimum absolute atomic E-state index is 0.0126. The minimum atomic E-state index is -0.0958. The van der Waals surface area contributed by atoms with Gasteiger partial charge < -0.3 is 4.74 Å². The van der Waals surface area contributed by atoms with E-state index in [9.17, 15) is 4.79 Å². The summed E-state index contributed by atoms with van der Waals surface area (Å²) in [5.74, 6) is 0.982. The molecule has 0 amide bonds. The first-order chi connectivity index (χ1) is 12.2. The fourth-order valence-corrected chi connectivity index (χ4v) is 4.10. The molecule has 0 aliphatic heterocycles. The molecule has 0 N–H and O–H groups in total. The van der Waals surface area contributed by atoms with Gasteiger partial charge in [0.25, 0.3) is 0 Å². The maximum absolute atomic E-state index is 11.3. The van der Waals surface area contributed by atoms with Gasteiger partial charge in [-0.25, -0.2) is 0 Å². The lowest BCUT2D eigenvalue weighted by Crippen LogP contribution is -2.15. The molecule has 0 rings (SSSR count). The van der Waals surface area contributed by atoms with Crippen molar-refractivity contribution in [2.45, 2.75) is 122 Å². The van der Waals surface area contributed by atoms with Crippen LogP contribution >= 0.6 is 11.8 Å². The second-order valence-corrected chi connectivity index (χ2v) is 8.79. The smallest absolute Gasteiger partial charge is 0.318 e. The molecule has 3 heteroatoms. The average Bonchev–Trinajstić information content (AvgIpc) is 2.63. The Morgan fingerprint density at radius 1 is 0.720 bits per heavy atom. The summed E-state index contributed by atoms with van der Waals surface area (Å²) < 4.78 is 4.74. The summed E-state index contributed by atoms with van der Waals surface area (Å²) in [5.41, 5.74) is 0.